The molecule has 4 nitrogen and oxygen atoms in total. The van der Waals surface area contributed by atoms with Crippen LogP contribution in [0.15, 0.2) is 30.5 Å². The molecule has 0 amide bonds. The zero-order valence-electron chi connectivity index (χ0n) is 8.92. The first-order chi connectivity index (χ1) is 7.74. The Morgan fingerprint density at radius 3 is 2.94 bits per heavy atom. The summed E-state index contributed by atoms with van der Waals surface area (Å²) in [6.07, 6.45) is 2.30. The lowest BCUT2D eigenvalue weighted by molar-refractivity contribution is 0.223. The lowest BCUT2D eigenvalue weighted by atomic mass is 10.1. The van der Waals surface area contributed by atoms with Crippen LogP contribution < -0.4 is 4.74 Å². The highest BCUT2D eigenvalue weighted by molar-refractivity contribution is 5.38. The first-order valence-corrected chi connectivity index (χ1v) is 5.21. The number of fused-ring (bicyclic) bond motifs is 1. The van der Waals surface area contributed by atoms with Crippen molar-refractivity contribution in [2.24, 2.45) is 7.05 Å². The molecule has 1 N–H and O–H groups in total. The van der Waals surface area contributed by atoms with Gasteiger partial charge in [-0.2, -0.15) is 4.98 Å². The molecule has 3 rings (SSSR count). The average molecular weight is 216 g/mol. The molecule has 1 aromatic carbocycles. The average Bonchev–Trinajstić information content (AvgIpc) is 2.81. The number of para-hydroxylation sites is 1. The van der Waals surface area contributed by atoms with E-state index < -0.39 is 0 Å². The molecule has 82 valence electrons. The fourth-order valence-corrected chi connectivity index (χ4v) is 2.09. The fourth-order valence-electron chi connectivity index (χ4n) is 2.09. The minimum absolute atomic E-state index is 0.0389. The quantitative estimate of drug-likeness (QED) is 0.790. The van der Waals surface area contributed by atoms with Crippen LogP contribution in [0.1, 0.15) is 17.5 Å². The van der Waals surface area contributed by atoms with E-state index in [-0.39, 0.29) is 12.0 Å². The number of hydrogen-bond acceptors (Lipinski definition) is 3. The smallest absolute Gasteiger partial charge is 0.229 e. The Balaban J connectivity index is 1.94. The zero-order valence-corrected chi connectivity index (χ0v) is 8.92. The van der Waals surface area contributed by atoms with Gasteiger partial charge in [0.05, 0.1) is 6.20 Å². The molecule has 0 bridgehead atoms. The Hall–Kier alpha value is -1.97. The lowest BCUT2D eigenvalue weighted by Crippen LogP contribution is -2.09. The number of benzene rings is 1. The Labute approximate surface area is 93.1 Å². The van der Waals surface area contributed by atoms with Gasteiger partial charge in [0, 0.05) is 13.5 Å². The maximum Gasteiger partial charge on any atom is 0.229 e. The zero-order chi connectivity index (χ0) is 11.1. The Kier molecular flexibility index (Phi) is 1.89. The molecule has 0 saturated carbocycles. The van der Waals surface area contributed by atoms with Crippen molar-refractivity contribution in [1.82, 2.24) is 9.55 Å². The second-order valence-corrected chi connectivity index (χ2v) is 3.99. The molecule has 0 spiro atoms. The largest absolute Gasteiger partial charge is 0.492 e. The van der Waals surface area contributed by atoms with E-state index >= 15 is 0 Å². The molecule has 0 aliphatic carbocycles. The molecule has 1 aliphatic heterocycles. The Morgan fingerprint density at radius 1 is 1.44 bits per heavy atom. The van der Waals surface area contributed by atoms with Crippen LogP contribution in [0.2, 0.25) is 0 Å². The van der Waals surface area contributed by atoms with E-state index in [9.17, 15) is 5.11 Å². The number of hydrogen-bond donors (Lipinski definition) is 1. The number of aryl methyl sites for hydroxylation is 1. The minimum Gasteiger partial charge on any atom is -0.492 e. The van der Waals surface area contributed by atoms with Gasteiger partial charge in [-0.25, -0.2) is 0 Å². The third-order valence-electron chi connectivity index (χ3n) is 2.83. The van der Waals surface area contributed by atoms with Gasteiger partial charge in [0.15, 0.2) is 11.9 Å². The summed E-state index contributed by atoms with van der Waals surface area (Å²) >= 11 is 0. The maximum absolute atomic E-state index is 9.32. The summed E-state index contributed by atoms with van der Waals surface area (Å²) in [5, 5.41) is 9.32. The second-order valence-electron chi connectivity index (χ2n) is 3.99. The van der Waals surface area contributed by atoms with Gasteiger partial charge in [0.25, 0.3) is 0 Å². The summed E-state index contributed by atoms with van der Waals surface area (Å²) in [5.74, 6) is 1.71. The molecule has 1 aromatic heterocycles. The molecule has 1 aliphatic rings. The second kappa shape index (κ2) is 3.27. The van der Waals surface area contributed by atoms with Crippen molar-refractivity contribution >= 4 is 0 Å². The SMILES string of the molecule is Cn1cc(O)nc1C1Cc2ccccc2O1. The first-order valence-electron chi connectivity index (χ1n) is 5.21. The normalized spacial score (nSPS) is 18.2. The van der Waals surface area contributed by atoms with E-state index in [2.05, 4.69) is 11.1 Å². The van der Waals surface area contributed by atoms with Crippen LogP contribution in [0.4, 0.5) is 0 Å². The monoisotopic (exact) mass is 216 g/mol. The van der Waals surface area contributed by atoms with Crippen LogP contribution >= 0.6 is 0 Å². The van der Waals surface area contributed by atoms with Crippen LogP contribution in [0.5, 0.6) is 11.6 Å². The summed E-state index contributed by atoms with van der Waals surface area (Å²) in [5.41, 5.74) is 1.19. The van der Waals surface area contributed by atoms with Crippen molar-refractivity contribution in [2.75, 3.05) is 0 Å². The van der Waals surface area contributed by atoms with E-state index in [1.807, 2.05) is 25.2 Å². The van der Waals surface area contributed by atoms with Crippen molar-refractivity contribution in [3.05, 3.63) is 41.9 Å². The van der Waals surface area contributed by atoms with Gasteiger partial charge in [-0.3, -0.25) is 0 Å². The van der Waals surface area contributed by atoms with E-state index in [0.29, 0.717) is 0 Å². The highest BCUT2D eigenvalue weighted by atomic mass is 16.5. The molecule has 1 unspecified atom stereocenters. The summed E-state index contributed by atoms with van der Waals surface area (Å²) in [4.78, 5) is 4.07. The van der Waals surface area contributed by atoms with Crippen molar-refractivity contribution in [3.8, 4) is 11.6 Å². The summed E-state index contributed by atoms with van der Waals surface area (Å²) in [7, 11) is 1.86. The van der Waals surface area contributed by atoms with E-state index in [4.69, 9.17) is 4.74 Å². The van der Waals surface area contributed by atoms with Gasteiger partial charge < -0.3 is 14.4 Å². The van der Waals surface area contributed by atoms with Gasteiger partial charge in [-0.15, -0.1) is 0 Å². The van der Waals surface area contributed by atoms with E-state index in [0.717, 1.165) is 18.0 Å². The van der Waals surface area contributed by atoms with E-state index in [1.54, 1.807) is 10.8 Å². The number of aromatic nitrogens is 2. The first kappa shape index (κ1) is 9.27. The van der Waals surface area contributed by atoms with Crippen molar-refractivity contribution < 1.29 is 9.84 Å². The molecule has 0 radical (unpaired) electrons. The van der Waals surface area contributed by atoms with Gasteiger partial charge in [0.1, 0.15) is 5.75 Å². The molecular weight excluding hydrogens is 204 g/mol. The number of rotatable bonds is 1. The fraction of sp³-hybridized carbons (Fsp3) is 0.250. The van der Waals surface area contributed by atoms with Crippen LogP contribution in [0.25, 0.3) is 0 Å². The number of imidazole rings is 1. The molecule has 16 heavy (non-hydrogen) atoms. The minimum atomic E-state index is -0.0942. The van der Waals surface area contributed by atoms with Gasteiger partial charge in [-0.05, 0) is 11.6 Å². The van der Waals surface area contributed by atoms with Crippen molar-refractivity contribution in [1.29, 1.82) is 0 Å². The molecule has 0 saturated heterocycles. The molecule has 0 fully saturated rings. The van der Waals surface area contributed by atoms with Gasteiger partial charge in [-0.1, -0.05) is 18.2 Å². The summed E-state index contributed by atoms with van der Waals surface area (Å²) < 4.78 is 7.59. The number of aromatic hydroxyl groups is 1. The highest BCUT2D eigenvalue weighted by Crippen LogP contribution is 2.36. The maximum atomic E-state index is 9.32. The molecule has 2 aromatic rings. The summed E-state index contributed by atoms with van der Waals surface area (Å²) in [6, 6.07) is 7.97. The van der Waals surface area contributed by atoms with Gasteiger partial charge in [0.2, 0.25) is 5.88 Å². The summed E-state index contributed by atoms with van der Waals surface area (Å²) in [6.45, 7) is 0. The number of nitrogens with zero attached hydrogens (tertiary/aromatic N) is 2. The Morgan fingerprint density at radius 2 is 2.25 bits per heavy atom. The molecule has 1 atom stereocenters. The topological polar surface area (TPSA) is 47.3 Å². The van der Waals surface area contributed by atoms with Crippen LogP contribution in [-0.4, -0.2) is 14.7 Å². The Bertz CT molecular complexity index is 509. The lowest BCUT2D eigenvalue weighted by Gasteiger charge is -2.09. The van der Waals surface area contributed by atoms with Crippen molar-refractivity contribution in [2.45, 2.75) is 12.5 Å². The van der Waals surface area contributed by atoms with Crippen LogP contribution in [0.3, 0.4) is 0 Å². The van der Waals surface area contributed by atoms with Crippen LogP contribution in [-0.2, 0) is 13.5 Å². The third-order valence-corrected chi connectivity index (χ3v) is 2.83. The highest BCUT2D eigenvalue weighted by Gasteiger charge is 2.27. The number of ether oxygens (including phenoxy) is 1. The molecule has 2 heterocycles. The predicted octanol–water partition coefficient (Wildman–Crippen LogP) is 1.80. The van der Waals surface area contributed by atoms with E-state index in [1.165, 1.54) is 5.56 Å². The third kappa shape index (κ3) is 1.34. The van der Waals surface area contributed by atoms with Crippen LogP contribution in [0, 0.1) is 0 Å². The molecule has 4 heteroatoms. The van der Waals surface area contributed by atoms with Crippen molar-refractivity contribution in [3.63, 3.8) is 0 Å². The molecular formula is C12H12N2O2. The standard InChI is InChI=1S/C12H12N2O2/c1-14-7-11(15)13-12(14)10-6-8-4-2-3-5-9(8)16-10/h2-5,7,10,15H,6H2,1H3. The predicted molar refractivity (Wildman–Crippen MR) is 58.4 cm³/mol. The van der Waals surface area contributed by atoms with Gasteiger partial charge >= 0.3 is 0 Å².